The Hall–Kier alpha value is -2.92. The first kappa shape index (κ1) is 17.5. The van der Waals surface area contributed by atoms with E-state index >= 15 is 0 Å². The highest BCUT2D eigenvalue weighted by molar-refractivity contribution is 7.18. The molecule has 1 atom stereocenters. The number of para-hydroxylation sites is 1. The standard InChI is InChI=1S/C22H20N2O2S/c1-22(17-7-3-2-4-8-17,21(25)23-14-16-11-12-26-15-16)13-20-24-18-9-5-6-10-19(18)27-20/h2-12,15H,13-14H2,1H3,(H,23,25). The van der Waals surface area contributed by atoms with E-state index in [2.05, 4.69) is 11.4 Å². The Morgan fingerprint density at radius 3 is 2.63 bits per heavy atom. The summed E-state index contributed by atoms with van der Waals surface area (Å²) in [4.78, 5) is 18.0. The van der Waals surface area contributed by atoms with Gasteiger partial charge < -0.3 is 9.73 Å². The van der Waals surface area contributed by atoms with E-state index in [1.54, 1.807) is 23.9 Å². The third-order valence-electron chi connectivity index (χ3n) is 4.79. The maximum Gasteiger partial charge on any atom is 0.231 e. The molecule has 0 bridgehead atoms. The van der Waals surface area contributed by atoms with E-state index in [1.807, 2.05) is 61.5 Å². The molecule has 0 aliphatic heterocycles. The number of hydrogen-bond donors (Lipinski definition) is 1. The van der Waals surface area contributed by atoms with Crippen molar-refractivity contribution in [2.45, 2.75) is 25.3 Å². The second-order valence-corrected chi connectivity index (χ2v) is 7.88. The SMILES string of the molecule is CC(Cc1nc2ccccc2s1)(C(=O)NCc1ccoc1)c1ccccc1. The van der Waals surface area contributed by atoms with E-state index in [4.69, 9.17) is 9.40 Å². The molecule has 0 saturated carbocycles. The van der Waals surface area contributed by atoms with E-state index in [9.17, 15) is 4.79 Å². The van der Waals surface area contributed by atoms with Gasteiger partial charge in [-0.05, 0) is 30.7 Å². The van der Waals surface area contributed by atoms with Crippen molar-refractivity contribution in [2.75, 3.05) is 0 Å². The Morgan fingerprint density at radius 1 is 1.11 bits per heavy atom. The number of carbonyl (C=O) groups excluding carboxylic acids is 1. The molecule has 136 valence electrons. The van der Waals surface area contributed by atoms with Crippen molar-refractivity contribution >= 4 is 27.5 Å². The minimum atomic E-state index is -0.709. The number of rotatable bonds is 6. The fraction of sp³-hybridized carbons (Fsp3) is 0.182. The number of benzene rings is 2. The Balaban J connectivity index is 1.64. The normalized spacial score (nSPS) is 13.4. The van der Waals surface area contributed by atoms with Crippen molar-refractivity contribution in [3.8, 4) is 0 Å². The first-order chi connectivity index (χ1) is 13.1. The topological polar surface area (TPSA) is 55.1 Å². The molecule has 0 radical (unpaired) electrons. The number of furan rings is 1. The fourth-order valence-electron chi connectivity index (χ4n) is 3.19. The van der Waals surface area contributed by atoms with Gasteiger partial charge in [-0.1, -0.05) is 42.5 Å². The Kier molecular flexibility index (Phi) is 4.77. The molecule has 0 aliphatic rings. The molecule has 2 aromatic carbocycles. The van der Waals surface area contributed by atoms with Crippen LogP contribution in [0.4, 0.5) is 0 Å². The number of hydrogen-bond acceptors (Lipinski definition) is 4. The van der Waals surface area contributed by atoms with Crippen molar-refractivity contribution in [3.05, 3.63) is 89.3 Å². The van der Waals surface area contributed by atoms with Crippen LogP contribution in [0.3, 0.4) is 0 Å². The first-order valence-electron chi connectivity index (χ1n) is 8.84. The molecule has 1 N–H and O–H groups in total. The van der Waals surface area contributed by atoms with E-state index in [1.165, 1.54) is 0 Å². The number of nitrogens with one attached hydrogen (secondary N) is 1. The van der Waals surface area contributed by atoms with Crippen molar-refractivity contribution in [3.63, 3.8) is 0 Å². The average molecular weight is 376 g/mol. The number of nitrogens with zero attached hydrogens (tertiary/aromatic N) is 1. The summed E-state index contributed by atoms with van der Waals surface area (Å²) in [6, 6.07) is 19.8. The maximum atomic E-state index is 13.2. The van der Waals surface area contributed by atoms with Crippen LogP contribution in [0.5, 0.6) is 0 Å². The van der Waals surface area contributed by atoms with Crippen molar-refractivity contribution < 1.29 is 9.21 Å². The van der Waals surface area contributed by atoms with Crippen molar-refractivity contribution in [1.82, 2.24) is 10.3 Å². The van der Waals surface area contributed by atoms with Crippen LogP contribution >= 0.6 is 11.3 Å². The predicted octanol–water partition coefficient (Wildman–Crippen LogP) is 4.71. The lowest BCUT2D eigenvalue weighted by Gasteiger charge is -2.28. The molecule has 1 amide bonds. The van der Waals surface area contributed by atoms with Gasteiger partial charge in [-0.3, -0.25) is 4.79 Å². The minimum Gasteiger partial charge on any atom is -0.472 e. The summed E-state index contributed by atoms with van der Waals surface area (Å²) in [6.45, 7) is 2.43. The highest BCUT2D eigenvalue weighted by Gasteiger charge is 2.36. The molecule has 4 rings (SSSR count). The van der Waals surface area contributed by atoms with Gasteiger partial charge >= 0.3 is 0 Å². The van der Waals surface area contributed by atoms with Gasteiger partial charge in [0.25, 0.3) is 0 Å². The van der Waals surface area contributed by atoms with Crippen molar-refractivity contribution in [1.29, 1.82) is 0 Å². The predicted molar refractivity (Wildman–Crippen MR) is 108 cm³/mol. The molecule has 0 aliphatic carbocycles. The van der Waals surface area contributed by atoms with Crippen LogP contribution in [0.15, 0.2) is 77.6 Å². The Morgan fingerprint density at radius 2 is 1.89 bits per heavy atom. The molecule has 2 aromatic heterocycles. The van der Waals surface area contributed by atoms with Crippen LogP contribution < -0.4 is 5.32 Å². The number of carbonyl (C=O) groups is 1. The summed E-state index contributed by atoms with van der Waals surface area (Å²) in [7, 11) is 0. The highest BCUT2D eigenvalue weighted by Crippen LogP contribution is 2.32. The maximum absolute atomic E-state index is 13.2. The number of thiazole rings is 1. The molecule has 5 heteroatoms. The lowest BCUT2D eigenvalue weighted by atomic mass is 9.78. The van der Waals surface area contributed by atoms with Gasteiger partial charge in [0.1, 0.15) is 0 Å². The van der Waals surface area contributed by atoms with E-state index in [0.29, 0.717) is 13.0 Å². The summed E-state index contributed by atoms with van der Waals surface area (Å²) in [5, 5.41) is 4.02. The summed E-state index contributed by atoms with van der Waals surface area (Å²) in [5.41, 5.74) is 2.19. The van der Waals surface area contributed by atoms with Gasteiger partial charge in [-0.15, -0.1) is 11.3 Å². The van der Waals surface area contributed by atoms with Crippen molar-refractivity contribution in [2.24, 2.45) is 0 Å². The molecule has 27 heavy (non-hydrogen) atoms. The molecular formula is C22H20N2O2S. The molecular weight excluding hydrogens is 356 g/mol. The Labute approximate surface area is 161 Å². The third kappa shape index (κ3) is 3.64. The quantitative estimate of drug-likeness (QED) is 0.530. The average Bonchev–Trinajstić information content (AvgIpc) is 3.35. The van der Waals surface area contributed by atoms with Gasteiger partial charge in [-0.2, -0.15) is 0 Å². The highest BCUT2D eigenvalue weighted by atomic mass is 32.1. The second-order valence-electron chi connectivity index (χ2n) is 6.76. The minimum absolute atomic E-state index is 0.0193. The largest absolute Gasteiger partial charge is 0.472 e. The lowest BCUT2D eigenvalue weighted by Crippen LogP contribution is -2.43. The van der Waals surface area contributed by atoms with Crippen LogP contribution in [0.2, 0.25) is 0 Å². The zero-order valence-corrected chi connectivity index (χ0v) is 15.8. The molecule has 0 saturated heterocycles. The van der Waals surface area contributed by atoms with E-state index in [-0.39, 0.29) is 5.91 Å². The van der Waals surface area contributed by atoms with E-state index in [0.717, 1.165) is 26.4 Å². The van der Waals surface area contributed by atoms with Gasteiger partial charge in [0, 0.05) is 18.5 Å². The molecule has 4 aromatic rings. The lowest BCUT2D eigenvalue weighted by molar-refractivity contribution is -0.126. The summed E-state index contributed by atoms with van der Waals surface area (Å²) in [6.07, 6.45) is 3.81. The zero-order chi connectivity index (χ0) is 18.7. The molecule has 0 fully saturated rings. The third-order valence-corrected chi connectivity index (χ3v) is 5.82. The molecule has 2 heterocycles. The molecule has 0 spiro atoms. The van der Waals surface area contributed by atoms with Crippen LogP contribution in [-0.4, -0.2) is 10.9 Å². The monoisotopic (exact) mass is 376 g/mol. The zero-order valence-electron chi connectivity index (χ0n) is 15.0. The summed E-state index contributed by atoms with van der Waals surface area (Å²) >= 11 is 1.65. The van der Waals surface area contributed by atoms with Gasteiger partial charge in [0.15, 0.2) is 0 Å². The fourth-order valence-corrected chi connectivity index (χ4v) is 4.31. The van der Waals surface area contributed by atoms with Gasteiger partial charge in [0.05, 0.1) is 33.2 Å². The number of fused-ring (bicyclic) bond motifs is 1. The molecule has 4 nitrogen and oxygen atoms in total. The molecule has 1 unspecified atom stereocenters. The van der Waals surface area contributed by atoms with E-state index < -0.39 is 5.41 Å². The van der Waals surface area contributed by atoms with Crippen LogP contribution in [0.25, 0.3) is 10.2 Å². The first-order valence-corrected chi connectivity index (χ1v) is 9.66. The number of amides is 1. The summed E-state index contributed by atoms with van der Waals surface area (Å²) < 4.78 is 6.23. The van der Waals surface area contributed by atoms with Crippen LogP contribution in [0.1, 0.15) is 23.1 Å². The number of aromatic nitrogens is 1. The van der Waals surface area contributed by atoms with Crippen LogP contribution in [0, 0.1) is 0 Å². The smallest absolute Gasteiger partial charge is 0.231 e. The summed E-state index contributed by atoms with van der Waals surface area (Å²) in [5.74, 6) is -0.0193. The van der Waals surface area contributed by atoms with Gasteiger partial charge in [0.2, 0.25) is 5.91 Å². The van der Waals surface area contributed by atoms with Gasteiger partial charge in [-0.25, -0.2) is 4.98 Å². The van der Waals surface area contributed by atoms with Crippen LogP contribution in [-0.2, 0) is 23.2 Å². The second kappa shape index (κ2) is 7.37. The Bertz CT molecular complexity index is 1010.